The van der Waals surface area contributed by atoms with Crippen LogP contribution in [0.4, 0.5) is 0 Å². The first-order valence-corrected chi connectivity index (χ1v) is 10.1. The fraction of sp³-hybridized carbons (Fsp3) is 0.667. The van der Waals surface area contributed by atoms with Crippen molar-refractivity contribution >= 4 is 35.6 Å². The van der Waals surface area contributed by atoms with Crippen LogP contribution in [0.2, 0.25) is 0 Å². The van der Waals surface area contributed by atoms with Crippen LogP contribution in [0.1, 0.15) is 39.0 Å². The Hall–Kier alpha value is -3.42. The zero-order chi connectivity index (χ0) is 24.4. The Bertz CT molecular complexity index is 754. The van der Waals surface area contributed by atoms with Crippen molar-refractivity contribution in [3.8, 4) is 0 Å². The largest absolute Gasteiger partial charge is 0.481 e. The van der Waals surface area contributed by atoms with Crippen LogP contribution in [-0.2, 0) is 24.0 Å². The van der Waals surface area contributed by atoms with Gasteiger partial charge in [0.25, 0.3) is 0 Å². The number of rotatable bonds is 12. The third kappa shape index (κ3) is 8.37. The molecule has 3 amide bonds. The van der Waals surface area contributed by atoms with Gasteiger partial charge >= 0.3 is 11.9 Å². The maximum Gasteiger partial charge on any atom is 0.326 e. The monoisotopic (exact) mass is 457 g/mol. The fourth-order valence-corrected chi connectivity index (χ4v) is 3.21. The van der Waals surface area contributed by atoms with Gasteiger partial charge in [0.1, 0.15) is 18.1 Å². The van der Waals surface area contributed by atoms with Crippen molar-refractivity contribution in [2.45, 2.75) is 63.2 Å². The van der Waals surface area contributed by atoms with Crippen LogP contribution in [0.15, 0.2) is 4.99 Å². The number of nitrogens with two attached hydrogens (primary N) is 3. The van der Waals surface area contributed by atoms with Crippen LogP contribution in [0, 0.1) is 0 Å². The van der Waals surface area contributed by atoms with Crippen molar-refractivity contribution in [2.24, 2.45) is 22.2 Å². The van der Waals surface area contributed by atoms with E-state index in [0.717, 1.165) is 0 Å². The summed E-state index contributed by atoms with van der Waals surface area (Å²) in [5, 5.41) is 22.3. The third-order valence-electron chi connectivity index (χ3n) is 4.87. The minimum atomic E-state index is -1.64. The second-order valence-corrected chi connectivity index (χ2v) is 7.47. The maximum atomic E-state index is 12.7. The Balaban J connectivity index is 2.65. The van der Waals surface area contributed by atoms with Crippen LogP contribution in [0.5, 0.6) is 0 Å². The molecule has 32 heavy (non-hydrogen) atoms. The summed E-state index contributed by atoms with van der Waals surface area (Å²) in [5.74, 6) is -4.82. The van der Waals surface area contributed by atoms with Crippen LogP contribution < -0.4 is 27.8 Å². The van der Waals surface area contributed by atoms with E-state index in [9.17, 15) is 24.0 Å². The molecule has 0 aliphatic carbocycles. The summed E-state index contributed by atoms with van der Waals surface area (Å²) in [6.07, 6.45) is 0.940. The van der Waals surface area contributed by atoms with Gasteiger partial charge in [-0.3, -0.25) is 24.2 Å². The van der Waals surface area contributed by atoms with E-state index in [-0.39, 0.29) is 5.96 Å². The Kier molecular flexibility index (Phi) is 10.3. The van der Waals surface area contributed by atoms with Gasteiger partial charge in [-0.25, -0.2) is 4.79 Å². The molecule has 4 atom stereocenters. The standard InChI is InChI=1S/C18H31N7O7/c1-9(14(28)24-11(17(31)32)8-13(26)27)23-15(29)12-5-3-7-25(12)16(30)10(19)4-2-6-22-18(20)21/h9-12H,2-8,19H2,1H3,(H,23,29)(H,24,28)(H,26,27)(H,31,32)(H4,20,21,22). The van der Waals surface area contributed by atoms with E-state index in [2.05, 4.69) is 15.6 Å². The Morgan fingerprint density at radius 3 is 2.38 bits per heavy atom. The maximum absolute atomic E-state index is 12.7. The minimum Gasteiger partial charge on any atom is -0.481 e. The number of carboxylic acids is 2. The number of amides is 3. The van der Waals surface area contributed by atoms with Crippen LogP contribution >= 0.6 is 0 Å². The van der Waals surface area contributed by atoms with Crippen molar-refractivity contribution in [1.82, 2.24) is 15.5 Å². The van der Waals surface area contributed by atoms with E-state index in [4.69, 9.17) is 27.4 Å². The molecule has 0 aromatic heterocycles. The number of carbonyl (C=O) groups excluding carboxylic acids is 3. The average molecular weight is 457 g/mol. The normalized spacial score (nSPS) is 18.2. The predicted octanol–water partition coefficient (Wildman–Crippen LogP) is -3.09. The molecule has 14 heteroatoms. The summed E-state index contributed by atoms with van der Waals surface area (Å²) in [7, 11) is 0. The van der Waals surface area contributed by atoms with Crippen LogP contribution in [0.25, 0.3) is 0 Å². The average Bonchev–Trinajstić information content (AvgIpc) is 3.19. The highest BCUT2D eigenvalue weighted by Gasteiger charge is 2.37. The highest BCUT2D eigenvalue weighted by atomic mass is 16.4. The first-order valence-electron chi connectivity index (χ1n) is 10.1. The second-order valence-electron chi connectivity index (χ2n) is 7.47. The summed E-state index contributed by atoms with van der Waals surface area (Å²) in [5.41, 5.74) is 16.4. The predicted molar refractivity (Wildman–Crippen MR) is 112 cm³/mol. The molecule has 1 aliphatic heterocycles. The molecule has 10 N–H and O–H groups in total. The van der Waals surface area contributed by atoms with Gasteiger partial charge in [0, 0.05) is 13.1 Å². The molecule has 0 aromatic rings. The van der Waals surface area contributed by atoms with Crippen molar-refractivity contribution < 1.29 is 34.2 Å². The fourth-order valence-electron chi connectivity index (χ4n) is 3.21. The second kappa shape index (κ2) is 12.4. The molecule has 180 valence electrons. The molecular weight excluding hydrogens is 426 g/mol. The zero-order valence-electron chi connectivity index (χ0n) is 17.8. The quantitative estimate of drug-likeness (QED) is 0.0884. The van der Waals surface area contributed by atoms with Crippen molar-refractivity contribution in [3.05, 3.63) is 0 Å². The summed E-state index contributed by atoms with van der Waals surface area (Å²) in [4.78, 5) is 64.5. The Morgan fingerprint density at radius 1 is 1.16 bits per heavy atom. The van der Waals surface area contributed by atoms with Gasteiger partial charge in [-0.2, -0.15) is 0 Å². The number of hydrogen-bond donors (Lipinski definition) is 7. The SMILES string of the molecule is CC(NC(=O)C1CCCN1C(=O)C(N)CCCN=C(N)N)C(=O)NC(CC(=O)O)C(=O)O. The lowest BCUT2D eigenvalue weighted by Crippen LogP contribution is -2.56. The molecule has 1 fully saturated rings. The molecule has 1 saturated heterocycles. The molecule has 4 unspecified atom stereocenters. The van der Waals surface area contributed by atoms with E-state index in [1.807, 2.05) is 0 Å². The molecule has 0 aromatic carbocycles. The van der Waals surface area contributed by atoms with Crippen molar-refractivity contribution in [2.75, 3.05) is 13.1 Å². The zero-order valence-corrected chi connectivity index (χ0v) is 17.8. The van der Waals surface area contributed by atoms with Crippen LogP contribution in [-0.4, -0.2) is 88.0 Å². The topological polar surface area (TPSA) is 244 Å². The van der Waals surface area contributed by atoms with E-state index in [1.54, 1.807) is 0 Å². The van der Waals surface area contributed by atoms with E-state index < -0.39 is 60.2 Å². The molecule has 14 nitrogen and oxygen atoms in total. The number of nitrogens with zero attached hydrogens (tertiary/aromatic N) is 2. The molecule has 1 heterocycles. The van der Waals surface area contributed by atoms with Gasteiger partial charge in [-0.1, -0.05) is 0 Å². The lowest BCUT2D eigenvalue weighted by molar-refractivity contribution is -0.147. The Labute approximate surface area is 184 Å². The lowest BCUT2D eigenvalue weighted by atomic mass is 10.1. The van der Waals surface area contributed by atoms with Crippen molar-refractivity contribution in [1.29, 1.82) is 0 Å². The summed E-state index contributed by atoms with van der Waals surface area (Å²) in [6.45, 7) is 1.97. The molecule has 0 bridgehead atoms. The molecule has 0 spiro atoms. The van der Waals surface area contributed by atoms with E-state index in [1.165, 1.54) is 11.8 Å². The number of likely N-dealkylation sites (tertiary alicyclic amines) is 1. The highest BCUT2D eigenvalue weighted by Crippen LogP contribution is 2.19. The smallest absolute Gasteiger partial charge is 0.326 e. The molecule has 0 saturated carbocycles. The molecular formula is C18H31N7O7. The number of aliphatic imine (C=N–C) groups is 1. The van der Waals surface area contributed by atoms with Gasteiger partial charge in [-0.15, -0.1) is 0 Å². The summed E-state index contributed by atoms with van der Waals surface area (Å²) < 4.78 is 0. The number of hydrogen-bond acceptors (Lipinski definition) is 7. The summed E-state index contributed by atoms with van der Waals surface area (Å²) in [6, 6.07) is -4.45. The van der Waals surface area contributed by atoms with E-state index in [0.29, 0.717) is 38.8 Å². The first kappa shape index (κ1) is 26.6. The number of carbonyl (C=O) groups is 5. The lowest BCUT2D eigenvalue weighted by Gasteiger charge is -2.27. The third-order valence-corrected chi connectivity index (χ3v) is 4.87. The molecule has 0 radical (unpaired) electrons. The Morgan fingerprint density at radius 2 is 1.81 bits per heavy atom. The number of nitrogens with one attached hydrogen (secondary N) is 2. The number of guanidine groups is 1. The van der Waals surface area contributed by atoms with Gasteiger partial charge in [0.15, 0.2) is 5.96 Å². The van der Waals surface area contributed by atoms with Crippen molar-refractivity contribution in [3.63, 3.8) is 0 Å². The number of carboxylic acid groups (broad SMARTS) is 2. The minimum absolute atomic E-state index is 0.0584. The van der Waals surface area contributed by atoms with Gasteiger partial charge in [0.05, 0.1) is 12.5 Å². The molecule has 1 rings (SSSR count). The first-order chi connectivity index (χ1) is 14.9. The van der Waals surface area contributed by atoms with Crippen LogP contribution in [0.3, 0.4) is 0 Å². The number of aliphatic carboxylic acids is 2. The molecule has 1 aliphatic rings. The highest BCUT2D eigenvalue weighted by molar-refractivity contribution is 5.94. The van der Waals surface area contributed by atoms with Gasteiger partial charge in [-0.05, 0) is 32.6 Å². The summed E-state index contributed by atoms with van der Waals surface area (Å²) >= 11 is 0. The van der Waals surface area contributed by atoms with Gasteiger partial charge in [0.2, 0.25) is 17.7 Å². The van der Waals surface area contributed by atoms with Gasteiger partial charge < -0.3 is 42.9 Å². The van der Waals surface area contributed by atoms with E-state index >= 15 is 0 Å².